The maximum atomic E-state index is 13.2. The first kappa shape index (κ1) is 20.0. The SMILES string of the molecule is CCOCc1ccc(C(=O)NS(=O)(=O)CC(O)c2cccc(F)c2)cn1. The summed E-state index contributed by atoms with van der Waals surface area (Å²) >= 11 is 0. The van der Waals surface area contributed by atoms with E-state index in [-0.39, 0.29) is 17.7 Å². The molecule has 140 valence electrons. The maximum Gasteiger partial charge on any atom is 0.266 e. The summed E-state index contributed by atoms with van der Waals surface area (Å²) in [5, 5.41) is 9.96. The van der Waals surface area contributed by atoms with E-state index in [0.717, 1.165) is 6.07 Å². The zero-order chi connectivity index (χ0) is 19.2. The van der Waals surface area contributed by atoms with E-state index >= 15 is 0 Å². The third kappa shape index (κ3) is 5.87. The van der Waals surface area contributed by atoms with Crippen LogP contribution in [0.1, 0.15) is 34.6 Å². The lowest BCUT2D eigenvalue weighted by Crippen LogP contribution is -2.34. The van der Waals surface area contributed by atoms with Gasteiger partial charge in [-0.05, 0) is 36.8 Å². The van der Waals surface area contributed by atoms with Crippen molar-refractivity contribution < 1.29 is 27.4 Å². The largest absolute Gasteiger partial charge is 0.387 e. The Labute approximate surface area is 150 Å². The number of aliphatic hydroxyl groups is 1. The molecule has 1 unspecified atom stereocenters. The lowest BCUT2D eigenvalue weighted by Gasteiger charge is -2.12. The van der Waals surface area contributed by atoms with Gasteiger partial charge in [0.1, 0.15) is 5.82 Å². The molecular formula is C17H19FN2O5S. The van der Waals surface area contributed by atoms with Gasteiger partial charge in [0.2, 0.25) is 10.0 Å². The molecule has 0 aliphatic carbocycles. The molecule has 0 radical (unpaired) electrons. The zero-order valence-corrected chi connectivity index (χ0v) is 14.9. The summed E-state index contributed by atoms with van der Waals surface area (Å²) < 4.78 is 44.3. The Hall–Kier alpha value is -2.36. The highest BCUT2D eigenvalue weighted by atomic mass is 32.2. The molecule has 1 aromatic heterocycles. The zero-order valence-electron chi connectivity index (χ0n) is 14.1. The van der Waals surface area contributed by atoms with Gasteiger partial charge in [0.25, 0.3) is 5.91 Å². The quantitative estimate of drug-likeness (QED) is 0.718. The Bertz CT molecular complexity index is 856. The Morgan fingerprint density at radius 1 is 1.35 bits per heavy atom. The lowest BCUT2D eigenvalue weighted by molar-refractivity contribution is 0.0980. The molecule has 0 aliphatic heterocycles. The van der Waals surface area contributed by atoms with Crippen LogP contribution in [0.15, 0.2) is 42.6 Å². The molecule has 0 saturated heterocycles. The van der Waals surface area contributed by atoms with E-state index in [1.54, 1.807) is 6.07 Å². The molecule has 9 heteroatoms. The van der Waals surface area contributed by atoms with Crippen molar-refractivity contribution in [3.63, 3.8) is 0 Å². The van der Waals surface area contributed by atoms with Crippen LogP contribution in [0, 0.1) is 5.82 Å². The van der Waals surface area contributed by atoms with Crippen molar-refractivity contribution in [3.05, 3.63) is 65.2 Å². The number of halogens is 1. The average Bonchev–Trinajstić information content (AvgIpc) is 2.59. The molecule has 0 fully saturated rings. The van der Waals surface area contributed by atoms with Crippen LogP contribution in [-0.2, 0) is 21.4 Å². The highest BCUT2D eigenvalue weighted by Gasteiger charge is 2.22. The molecule has 0 bridgehead atoms. The molecule has 26 heavy (non-hydrogen) atoms. The minimum absolute atomic E-state index is 0.0501. The van der Waals surface area contributed by atoms with Gasteiger partial charge in [0.15, 0.2) is 0 Å². The van der Waals surface area contributed by atoms with E-state index in [2.05, 4.69) is 4.98 Å². The molecule has 0 saturated carbocycles. The Kier molecular flexibility index (Phi) is 6.78. The summed E-state index contributed by atoms with van der Waals surface area (Å²) in [4.78, 5) is 16.1. The van der Waals surface area contributed by atoms with Crippen LogP contribution in [0.3, 0.4) is 0 Å². The topological polar surface area (TPSA) is 106 Å². The minimum Gasteiger partial charge on any atom is -0.387 e. The summed E-state index contributed by atoms with van der Waals surface area (Å²) in [6.07, 6.45) is -0.231. The first-order chi connectivity index (χ1) is 12.3. The van der Waals surface area contributed by atoms with E-state index in [1.165, 1.54) is 30.5 Å². The number of nitrogens with one attached hydrogen (secondary N) is 1. The molecule has 0 aliphatic rings. The van der Waals surface area contributed by atoms with Crippen molar-refractivity contribution in [1.29, 1.82) is 0 Å². The van der Waals surface area contributed by atoms with E-state index < -0.39 is 33.6 Å². The second kappa shape index (κ2) is 8.84. The van der Waals surface area contributed by atoms with Crippen molar-refractivity contribution in [2.75, 3.05) is 12.4 Å². The smallest absolute Gasteiger partial charge is 0.266 e. The number of amides is 1. The summed E-state index contributed by atoms with van der Waals surface area (Å²) in [6.45, 7) is 2.65. The van der Waals surface area contributed by atoms with Gasteiger partial charge in [-0.3, -0.25) is 9.78 Å². The first-order valence-electron chi connectivity index (χ1n) is 7.81. The van der Waals surface area contributed by atoms with E-state index in [0.29, 0.717) is 12.3 Å². The van der Waals surface area contributed by atoms with Crippen LogP contribution in [0.2, 0.25) is 0 Å². The highest BCUT2D eigenvalue weighted by Crippen LogP contribution is 2.16. The van der Waals surface area contributed by atoms with Crippen molar-refractivity contribution in [2.45, 2.75) is 19.6 Å². The summed E-state index contributed by atoms with van der Waals surface area (Å²) in [5.74, 6) is -2.24. The Morgan fingerprint density at radius 3 is 2.73 bits per heavy atom. The van der Waals surface area contributed by atoms with Gasteiger partial charge < -0.3 is 9.84 Å². The number of carbonyl (C=O) groups excluding carboxylic acids is 1. The van der Waals surface area contributed by atoms with Gasteiger partial charge in [0, 0.05) is 12.8 Å². The van der Waals surface area contributed by atoms with Gasteiger partial charge in [-0.15, -0.1) is 0 Å². The average molecular weight is 382 g/mol. The number of aliphatic hydroxyl groups excluding tert-OH is 1. The Balaban J connectivity index is 2.00. The third-order valence-electron chi connectivity index (χ3n) is 3.40. The van der Waals surface area contributed by atoms with Gasteiger partial charge in [-0.2, -0.15) is 0 Å². The molecule has 2 N–H and O–H groups in total. The fraction of sp³-hybridized carbons (Fsp3) is 0.294. The second-order valence-electron chi connectivity index (χ2n) is 5.46. The van der Waals surface area contributed by atoms with Crippen molar-refractivity contribution in [3.8, 4) is 0 Å². The maximum absolute atomic E-state index is 13.2. The monoisotopic (exact) mass is 382 g/mol. The van der Waals surface area contributed by atoms with Crippen LogP contribution in [0.4, 0.5) is 4.39 Å². The van der Waals surface area contributed by atoms with Crippen LogP contribution in [0.5, 0.6) is 0 Å². The van der Waals surface area contributed by atoms with E-state index in [4.69, 9.17) is 4.74 Å². The summed E-state index contributed by atoms with van der Waals surface area (Å²) in [7, 11) is -4.14. The third-order valence-corrected chi connectivity index (χ3v) is 4.65. The van der Waals surface area contributed by atoms with Crippen molar-refractivity contribution >= 4 is 15.9 Å². The molecule has 1 heterocycles. The minimum atomic E-state index is -4.14. The number of benzene rings is 1. The molecule has 2 aromatic rings. The molecular weight excluding hydrogens is 363 g/mol. The van der Waals surface area contributed by atoms with Crippen LogP contribution >= 0.6 is 0 Å². The van der Waals surface area contributed by atoms with Crippen LogP contribution in [0.25, 0.3) is 0 Å². The number of aromatic nitrogens is 1. The number of hydrogen-bond donors (Lipinski definition) is 2. The standard InChI is InChI=1S/C17H19FN2O5S/c1-2-25-10-15-7-6-13(9-19-15)17(22)20-26(23,24)11-16(21)12-4-3-5-14(18)8-12/h3-9,16,21H,2,10-11H2,1H3,(H,20,22). The van der Waals surface area contributed by atoms with Gasteiger partial charge >= 0.3 is 0 Å². The van der Waals surface area contributed by atoms with Crippen molar-refractivity contribution in [2.24, 2.45) is 0 Å². The number of carbonyl (C=O) groups is 1. The predicted molar refractivity (Wildman–Crippen MR) is 92.2 cm³/mol. The van der Waals surface area contributed by atoms with Crippen molar-refractivity contribution in [1.82, 2.24) is 9.71 Å². The predicted octanol–water partition coefficient (Wildman–Crippen LogP) is 1.55. The molecule has 0 spiro atoms. The van der Waals surface area contributed by atoms with Crippen LogP contribution < -0.4 is 4.72 Å². The highest BCUT2D eigenvalue weighted by molar-refractivity contribution is 7.90. The van der Waals surface area contributed by atoms with Gasteiger partial charge in [-0.1, -0.05) is 12.1 Å². The molecule has 2 rings (SSSR count). The summed E-state index contributed by atoms with van der Waals surface area (Å²) in [5.41, 5.74) is 0.756. The van der Waals surface area contributed by atoms with E-state index in [9.17, 15) is 22.7 Å². The summed E-state index contributed by atoms with van der Waals surface area (Å²) in [6, 6.07) is 7.94. The van der Waals surface area contributed by atoms with Crippen LogP contribution in [-0.4, -0.2) is 36.8 Å². The second-order valence-corrected chi connectivity index (χ2v) is 7.23. The number of nitrogens with zero attached hydrogens (tertiary/aromatic N) is 1. The number of ether oxygens (including phenoxy) is 1. The van der Waals surface area contributed by atoms with E-state index in [1.807, 2.05) is 11.6 Å². The molecule has 1 atom stereocenters. The normalized spacial score (nSPS) is 12.6. The fourth-order valence-corrected chi connectivity index (χ4v) is 3.20. The number of hydrogen-bond acceptors (Lipinski definition) is 6. The van der Waals surface area contributed by atoms with Gasteiger partial charge in [-0.25, -0.2) is 17.5 Å². The Morgan fingerprint density at radius 2 is 2.12 bits per heavy atom. The number of rotatable bonds is 8. The fourth-order valence-electron chi connectivity index (χ4n) is 2.11. The number of pyridine rings is 1. The van der Waals surface area contributed by atoms with Gasteiger partial charge in [0.05, 0.1) is 29.7 Å². The molecule has 1 aromatic carbocycles. The molecule has 1 amide bonds. The number of sulfonamides is 1. The first-order valence-corrected chi connectivity index (χ1v) is 9.47. The molecule has 7 nitrogen and oxygen atoms in total. The lowest BCUT2D eigenvalue weighted by atomic mass is 10.1.